The molecule has 1 nitrogen and oxygen atoms in total. The van der Waals surface area contributed by atoms with Crippen molar-refractivity contribution in [1.29, 1.82) is 0 Å². The van der Waals surface area contributed by atoms with Gasteiger partial charge in [-0.15, -0.1) is 0 Å². The normalized spacial score (nSPS) is 11.6. The van der Waals surface area contributed by atoms with Crippen molar-refractivity contribution in [3.63, 3.8) is 0 Å². The second kappa shape index (κ2) is 5.05. The maximum absolute atomic E-state index is 13.0. The van der Waals surface area contributed by atoms with Gasteiger partial charge in [0, 0.05) is 0 Å². The Morgan fingerprint density at radius 2 is 1.68 bits per heavy atom. The third-order valence-electron chi connectivity index (χ3n) is 3.01. The molecule has 0 aliphatic carbocycles. The van der Waals surface area contributed by atoms with Gasteiger partial charge in [0.15, 0.2) is 0 Å². The number of halogens is 3. The third-order valence-corrected chi connectivity index (χ3v) is 3.01. The highest BCUT2D eigenvalue weighted by molar-refractivity contribution is 5.71. The highest BCUT2D eigenvalue weighted by atomic mass is 19.4. The molecule has 4 heteroatoms. The quantitative estimate of drug-likeness (QED) is 0.864. The summed E-state index contributed by atoms with van der Waals surface area (Å²) in [4.78, 5) is 0. The van der Waals surface area contributed by atoms with Gasteiger partial charge in [0.05, 0.1) is 12.2 Å². The van der Waals surface area contributed by atoms with Crippen molar-refractivity contribution in [2.24, 2.45) is 0 Å². The third kappa shape index (κ3) is 2.79. The molecular weight excluding hydrogens is 253 g/mol. The fourth-order valence-corrected chi connectivity index (χ4v) is 2.02. The molecule has 0 aliphatic rings. The van der Waals surface area contributed by atoms with E-state index in [4.69, 9.17) is 5.11 Å². The van der Waals surface area contributed by atoms with Gasteiger partial charge in [-0.3, -0.25) is 0 Å². The van der Waals surface area contributed by atoms with Crippen LogP contribution in [0.4, 0.5) is 13.2 Å². The van der Waals surface area contributed by atoms with Crippen molar-refractivity contribution in [3.05, 3.63) is 59.2 Å². The van der Waals surface area contributed by atoms with E-state index in [0.29, 0.717) is 11.1 Å². The minimum Gasteiger partial charge on any atom is -0.392 e. The average Bonchev–Trinajstić information content (AvgIpc) is 2.38. The molecule has 2 aromatic rings. The van der Waals surface area contributed by atoms with Crippen LogP contribution in [0.3, 0.4) is 0 Å². The predicted octanol–water partition coefficient (Wildman–Crippen LogP) is 4.17. The number of aryl methyl sites for hydroxylation is 1. The SMILES string of the molecule is Cc1ccc(CO)cc1-c1ccccc1C(F)(F)F. The lowest BCUT2D eigenvalue weighted by Gasteiger charge is -2.15. The summed E-state index contributed by atoms with van der Waals surface area (Å²) in [6.45, 7) is 1.56. The zero-order valence-corrected chi connectivity index (χ0v) is 10.3. The Balaban J connectivity index is 2.65. The Morgan fingerprint density at radius 3 is 2.32 bits per heavy atom. The minimum absolute atomic E-state index is 0.141. The van der Waals surface area contributed by atoms with Gasteiger partial charge in [-0.1, -0.05) is 30.3 Å². The number of hydrogen-bond donors (Lipinski definition) is 1. The molecule has 0 aromatic heterocycles. The van der Waals surface area contributed by atoms with Crippen LogP contribution in [0.25, 0.3) is 11.1 Å². The summed E-state index contributed by atoms with van der Waals surface area (Å²) in [5, 5.41) is 9.11. The summed E-state index contributed by atoms with van der Waals surface area (Å²) in [5.41, 5.74) is 1.32. The van der Waals surface area contributed by atoms with Gasteiger partial charge < -0.3 is 5.11 Å². The van der Waals surface area contributed by atoms with Crippen molar-refractivity contribution < 1.29 is 18.3 Å². The molecule has 0 unspecified atom stereocenters. The molecule has 0 radical (unpaired) electrons. The molecular formula is C15H13F3O. The van der Waals surface area contributed by atoms with E-state index in [9.17, 15) is 13.2 Å². The highest BCUT2D eigenvalue weighted by Gasteiger charge is 2.33. The Labute approximate surface area is 109 Å². The lowest BCUT2D eigenvalue weighted by molar-refractivity contribution is -0.137. The number of rotatable bonds is 2. The number of benzene rings is 2. The Morgan fingerprint density at radius 1 is 1.00 bits per heavy atom. The van der Waals surface area contributed by atoms with Crippen LogP contribution in [-0.4, -0.2) is 5.11 Å². The fourth-order valence-electron chi connectivity index (χ4n) is 2.02. The van der Waals surface area contributed by atoms with Crippen molar-refractivity contribution in [2.75, 3.05) is 0 Å². The van der Waals surface area contributed by atoms with E-state index in [1.807, 2.05) is 0 Å². The van der Waals surface area contributed by atoms with E-state index in [2.05, 4.69) is 0 Å². The van der Waals surface area contributed by atoms with Gasteiger partial charge in [-0.25, -0.2) is 0 Å². The van der Waals surface area contributed by atoms with Crippen LogP contribution in [0.5, 0.6) is 0 Å². The van der Waals surface area contributed by atoms with Gasteiger partial charge in [-0.05, 0) is 41.3 Å². The maximum atomic E-state index is 13.0. The smallest absolute Gasteiger partial charge is 0.392 e. The molecule has 0 spiro atoms. The van der Waals surface area contributed by atoms with E-state index in [1.165, 1.54) is 12.1 Å². The summed E-state index contributed by atoms with van der Waals surface area (Å²) in [6, 6.07) is 10.5. The summed E-state index contributed by atoms with van der Waals surface area (Å²) in [7, 11) is 0. The number of aliphatic hydroxyl groups is 1. The first kappa shape index (κ1) is 13.6. The first-order valence-electron chi connectivity index (χ1n) is 5.80. The van der Waals surface area contributed by atoms with Gasteiger partial charge >= 0.3 is 6.18 Å². The predicted molar refractivity (Wildman–Crippen MR) is 67.5 cm³/mol. The summed E-state index contributed by atoms with van der Waals surface area (Å²) < 4.78 is 39.0. The first-order valence-corrected chi connectivity index (χ1v) is 5.80. The molecule has 0 saturated heterocycles. The molecule has 1 N–H and O–H groups in total. The monoisotopic (exact) mass is 266 g/mol. The van der Waals surface area contributed by atoms with Crippen molar-refractivity contribution >= 4 is 0 Å². The summed E-state index contributed by atoms with van der Waals surface area (Å²) in [6.07, 6.45) is -4.39. The zero-order valence-electron chi connectivity index (χ0n) is 10.3. The fraction of sp³-hybridized carbons (Fsp3) is 0.200. The molecule has 100 valence electrons. The van der Waals surface area contributed by atoms with Crippen LogP contribution >= 0.6 is 0 Å². The first-order chi connectivity index (χ1) is 8.93. The van der Waals surface area contributed by atoms with Crippen LogP contribution in [0.15, 0.2) is 42.5 Å². The Kier molecular flexibility index (Phi) is 3.62. The van der Waals surface area contributed by atoms with Crippen LogP contribution in [0.1, 0.15) is 16.7 Å². The lowest BCUT2D eigenvalue weighted by Crippen LogP contribution is -2.07. The minimum atomic E-state index is -4.39. The molecule has 0 fully saturated rings. The number of alkyl halides is 3. The largest absolute Gasteiger partial charge is 0.417 e. The molecule has 0 amide bonds. The second-order valence-electron chi connectivity index (χ2n) is 4.35. The molecule has 2 aromatic carbocycles. The Bertz CT molecular complexity index is 588. The molecule has 0 bridgehead atoms. The van der Waals surface area contributed by atoms with Crippen molar-refractivity contribution in [1.82, 2.24) is 0 Å². The molecule has 0 atom stereocenters. The van der Waals surface area contributed by atoms with E-state index < -0.39 is 11.7 Å². The van der Waals surface area contributed by atoms with Crippen LogP contribution < -0.4 is 0 Å². The van der Waals surface area contributed by atoms with Crippen LogP contribution in [0.2, 0.25) is 0 Å². The Hall–Kier alpha value is -1.81. The van der Waals surface area contributed by atoms with Gasteiger partial charge in [0.25, 0.3) is 0 Å². The van der Waals surface area contributed by atoms with Gasteiger partial charge in [-0.2, -0.15) is 13.2 Å². The average molecular weight is 266 g/mol. The van der Waals surface area contributed by atoms with Crippen molar-refractivity contribution in [2.45, 2.75) is 19.7 Å². The van der Waals surface area contributed by atoms with E-state index in [0.717, 1.165) is 11.6 Å². The summed E-state index contributed by atoms with van der Waals surface area (Å²) >= 11 is 0. The van der Waals surface area contributed by atoms with E-state index >= 15 is 0 Å². The maximum Gasteiger partial charge on any atom is 0.417 e. The van der Waals surface area contributed by atoms with Gasteiger partial charge in [0.2, 0.25) is 0 Å². The lowest BCUT2D eigenvalue weighted by atomic mass is 9.94. The number of hydrogen-bond acceptors (Lipinski definition) is 1. The highest BCUT2D eigenvalue weighted by Crippen LogP contribution is 2.38. The number of aliphatic hydroxyl groups excluding tert-OH is 1. The van der Waals surface area contributed by atoms with E-state index in [-0.39, 0.29) is 12.2 Å². The van der Waals surface area contributed by atoms with Crippen LogP contribution in [0, 0.1) is 6.92 Å². The zero-order chi connectivity index (χ0) is 14.0. The van der Waals surface area contributed by atoms with Crippen molar-refractivity contribution in [3.8, 4) is 11.1 Å². The summed E-state index contributed by atoms with van der Waals surface area (Å²) in [5.74, 6) is 0. The topological polar surface area (TPSA) is 20.2 Å². The molecule has 2 rings (SSSR count). The standard InChI is InChI=1S/C15H13F3O/c1-10-6-7-11(9-19)8-13(10)12-4-2-3-5-14(12)15(16,17)18/h2-8,19H,9H2,1H3. The van der Waals surface area contributed by atoms with Crippen LogP contribution in [-0.2, 0) is 12.8 Å². The molecule has 0 aliphatic heterocycles. The van der Waals surface area contributed by atoms with E-state index in [1.54, 1.807) is 31.2 Å². The van der Waals surface area contributed by atoms with Gasteiger partial charge in [0.1, 0.15) is 0 Å². The molecule has 0 heterocycles. The molecule has 19 heavy (non-hydrogen) atoms. The molecule has 0 saturated carbocycles. The second-order valence-corrected chi connectivity index (χ2v) is 4.35.